The zero-order valence-electron chi connectivity index (χ0n) is 7.11. The van der Waals surface area contributed by atoms with Gasteiger partial charge in [-0.05, 0) is 15.9 Å². The molecule has 2 nitrogen and oxygen atoms in total. The normalized spacial score (nSPS) is 10.1. The van der Waals surface area contributed by atoms with Gasteiger partial charge in [0, 0.05) is 16.5 Å². The van der Waals surface area contributed by atoms with Gasteiger partial charge in [-0.25, -0.2) is 4.98 Å². The van der Waals surface area contributed by atoms with Gasteiger partial charge in [0.05, 0.1) is 0 Å². The van der Waals surface area contributed by atoms with E-state index in [1.54, 1.807) is 6.07 Å². The summed E-state index contributed by atoms with van der Waals surface area (Å²) in [4.78, 5) is 15.0. The van der Waals surface area contributed by atoms with Gasteiger partial charge in [-0.15, -0.1) is 11.3 Å². The van der Waals surface area contributed by atoms with Crippen molar-refractivity contribution in [3.63, 3.8) is 0 Å². The molecule has 1 heterocycles. The van der Waals surface area contributed by atoms with E-state index in [1.165, 1.54) is 11.3 Å². The van der Waals surface area contributed by atoms with Gasteiger partial charge in [-0.1, -0.05) is 24.3 Å². The van der Waals surface area contributed by atoms with Gasteiger partial charge < -0.3 is 0 Å². The summed E-state index contributed by atoms with van der Waals surface area (Å²) in [5.41, 5.74) is 1.56. The van der Waals surface area contributed by atoms with E-state index in [9.17, 15) is 4.79 Å². The second-order valence-corrected chi connectivity index (χ2v) is 4.35. The maximum atomic E-state index is 10.8. The van der Waals surface area contributed by atoms with E-state index in [2.05, 4.69) is 20.9 Å². The summed E-state index contributed by atoms with van der Waals surface area (Å²) in [6.45, 7) is 0. The number of nitrogens with zero attached hydrogens (tertiary/aromatic N) is 1. The van der Waals surface area contributed by atoms with Gasteiger partial charge in [0.25, 0.3) is 0 Å². The molecule has 0 aliphatic carbocycles. The van der Waals surface area contributed by atoms with Crippen molar-refractivity contribution in [1.82, 2.24) is 4.98 Å². The van der Waals surface area contributed by atoms with Crippen molar-refractivity contribution in [3.8, 4) is 10.6 Å². The Morgan fingerprint density at radius 1 is 1.36 bits per heavy atom. The molecule has 70 valence electrons. The molecule has 4 heteroatoms. The monoisotopic (exact) mass is 267 g/mol. The number of hydrogen-bond donors (Lipinski definition) is 0. The minimum absolute atomic E-state index is 0.675. The van der Waals surface area contributed by atoms with Crippen LogP contribution in [0.1, 0.15) is 10.4 Å². The molecule has 2 rings (SSSR count). The first kappa shape index (κ1) is 9.55. The number of carbonyl (C=O) groups excluding carboxylic acids is 1. The zero-order valence-corrected chi connectivity index (χ0v) is 9.51. The average molecular weight is 268 g/mol. The Morgan fingerprint density at radius 3 is 2.79 bits per heavy atom. The molecule has 0 aliphatic heterocycles. The second-order valence-electron chi connectivity index (χ2n) is 2.68. The number of halogens is 1. The van der Waals surface area contributed by atoms with Crippen LogP contribution in [0.15, 0.2) is 34.2 Å². The number of hydrogen-bond acceptors (Lipinski definition) is 3. The Kier molecular flexibility index (Phi) is 2.74. The van der Waals surface area contributed by atoms with Crippen LogP contribution in [-0.2, 0) is 0 Å². The molecular weight excluding hydrogens is 262 g/mol. The molecule has 0 atom stereocenters. The highest BCUT2D eigenvalue weighted by molar-refractivity contribution is 9.10. The molecule has 0 saturated heterocycles. The van der Waals surface area contributed by atoms with E-state index < -0.39 is 0 Å². The van der Waals surface area contributed by atoms with Gasteiger partial charge in [0.2, 0.25) is 0 Å². The second kappa shape index (κ2) is 4.02. The number of aldehydes is 1. The predicted molar refractivity (Wildman–Crippen MR) is 60.6 cm³/mol. The van der Waals surface area contributed by atoms with Gasteiger partial charge in [-0.2, -0.15) is 0 Å². The summed E-state index contributed by atoms with van der Waals surface area (Å²) < 4.78 is 0.804. The summed E-state index contributed by atoms with van der Waals surface area (Å²) in [5, 5.41) is 2.76. The highest BCUT2D eigenvalue weighted by Gasteiger charge is 2.06. The van der Waals surface area contributed by atoms with E-state index in [4.69, 9.17) is 0 Å². The van der Waals surface area contributed by atoms with Crippen LogP contribution in [0.3, 0.4) is 0 Å². The molecule has 1 aromatic carbocycles. The Bertz CT molecular complexity index is 467. The van der Waals surface area contributed by atoms with Crippen molar-refractivity contribution in [2.75, 3.05) is 0 Å². The lowest BCUT2D eigenvalue weighted by Gasteiger charge is -1.98. The smallest absolute Gasteiger partial charge is 0.150 e. The molecule has 0 radical (unpaired) electrons. The molecule has 0 unspecified atom stereocenters. The van der Waals surface area contributed by atoms with E-state index in [1.807, 2.05) is 23.6 Å². The average Bonchev–Trinajstić information content (AvgIpc) is 2.65. The first-order valence-electron chi connectivity index (χ1n) is 3.97. The van der Waals surface area contributed by atoms with Crippen LogP contribution in [0, 0.1) is 0 Å². The molecule has 0 fully saturated rings. The summed E-state index contributed by atoms with van der Waals surface area (Å²) in [7, 11) is 0. The van der Waals surface area contributed by atoms with Gasteiger partial charge >= 0.3 is 0 Å². The molecule has 14 heavy (non-hydrogen) atoms. The van der Waals surface area contributed by atoms with Crippen molar-refractivity contribution < 1.29 is 4.79 Å². The van der Waals surface area contributed by atoms with Crippen LogP contribution in [0.25, 0.3) is 10.6 Å². The lowest BCUT2D eigenvalue weighted by Crippen LogP contribution is -1.85. The van der Waals surface area contributed by atoms with Gasteiger partial charge in [0.15, 0.2) is 6.29 Å². The molecule has 0 aliphatic rings. The first-order valence-corrected chi connectivity index (χ1v) is 5.64. The highest BCUT2D eigenvalue weighted by Crippen LogP contribution is 2.27. The summed E-state index contributed by atoms with van der Waals surface area (Å²) >= 11 is 4.80. The highest BCUT2D eigenvalue weighted by atomic mass is 79.9. The van der Waals surface area contributed by atoms with Crippen LogP contribution in [-0.4, -0.2) is 11.3 Å². The minimum atomic E-state index is 0.675. The SMILES string of the molecule is O=Cc1ccccc1-c1nc(Br)cs1. The Labute approximate surface area is 93.7 Å². The van der Waals surface area contributed by atoms with Crippen molar-refractivity contribution in [1.29, 1.82) is 0 Å². The fourth-order valence-corrected chi connectivity index (χ4v) is 2.47. The number of aromatic nitrogens is 1. The third-order valence-corrected chi connectivity index (χ3v) is 3.38. The first-order chi connectivity index (χ1) is 6.81. The van der Waals surface area contributed by atoms with E-state index in [-0.39, 0.29) is 0 Å². The van der Waals surface area contributed by atoms with Crippen molar-refractivity contribution in [2.45, 2.75) is 0 Å². The van der Waals surface area contributed by atoms with E-state index >= 15 is 0 Å². The molecular formula is C10H6BrNOS. The summed E-state index contributed by atoms with van der Waals surface area (Å²) in [5.74, 6) is 0. The minimum Gasteiger partial charge on any atom is -0.298 e. The molecule has 0 spiro atoms. The van der Waals surface area contributed by atoms with Crippen molar-refractivity contribution in [3.05, 3.63) is 39.8 Å². The third kappa shape index (κ3) is 1.76. The van der Waals surface area contributed by atoms with Crippen molar-refractivity contribution >= 4 is 33.6 Å². The van der Waals surface area contributed by atoms with Crippen LogP contribution < -0.4 is 0 Å². The number of benzene rings is 1. The maximum Gasteiger partial charge on any atom is 0.150 e. The lowest BCUT2D eigenvalue weighted by molar-refractivity contribution is 0.112. The molecule has 0 amide bonds. The lowest BCUT2D eigenvalue weighted by atomic mass is 10.1. The van der Waals surface area contributed by atoms with Crippen LogP contribution in [0.4, 0.5) is 0 Å². The number of carbonyl (C=O) groups is 1. The summed E-state index contributed by atoms with van der Waals surface area (Å²) in [6, 6.07) is 7.43. The molecule has 0 N–H and O–H groups in total. The van der Waals surface area contributed by atoms with Crippen LogP contribution >= 0.6 is 27.3 Å². The fraction of sp³-hybridized carbons (Fsp3) is 0. The Balaban J connectivity index is 2.55. The Hall–Kier alpha value is -1.00. The van der Waals surface area contributed by atoms with Gasteiger partial charge in [-0.3, -0.25) is 4.79 Å². The molecule has 2 aromatic rings. The van der Waals surface area contributed by atoms with Gasteiger partial charge in [0.1, 0.15) is 9.61 Å². The van der Waals surface area contributed by atoms with E-state index in [0.717, 1.165) is 21.5 Å². The topological polar surface area (TPSA) is 30.0 Å². The standard InChI is InChI=1S/C10H6BrNOS/c11-9-6-14-10(12-9)8-4-2-1-3-7(8)5-13/h1-6H. The zero-order chi connectivity index (χ0) is 9.97. The quantitative estimate of drug-likeness (QED) is 0.781. The van der Waals surface area contributed by atoms with E-state index in [0.29, 0.717) is 5.56 Å². The molecule has 0 bridgehead atoms. The Morgan fingerprint density at radius 2 is 2.14 bits per heavy atom. The fourth-order valence-electron chi connectivity index (χ4n) is 1.17. The molecule has 0 saturated carbocycles. The number of thiazole rings is 1. The number of rotatable bonds is 2. The predicted octanol–water partition coefficient (Wildman–Crippen LogP) is 3.39. The van der Waals surface area contributed by atoms with Crippen molar-refractivity contribution in [2.24, 2.45) is 0 Å². The summed E-state index contributed by atoms with van der Waals surface area (Å²) in [6.07, 6.45) is 0.852. The largest absolute Gasteiger partial charge is 0.298 e. The van der Waals surface area contributed by atoms with Crippen LogP contribution in [0.5, 0.6) is 0 Å². The third-order valence-electron chi connectivity index (χ3n) is 1.79. The van der Waals surface area contributed by atoms with Crippen LogP contribution in [0.2, 0.25) is 0 Å². The molecule has 1 aromatic heterocycles. The maximum absolute atomic E-state index is 10.8.